The maximum atomic E-state index is 13.7. The first-order chi connectivity index (χ1) is 12.2. The van der Waals surface area contributed by atoms with Crippen LogP contribution in [0.3, 0.4) is 0 Å². The highest BCUT2D eigenvalue weighted by Gasteiger charge is 2.46. The number of nitrogens with one attached hydrogen (secondary N) is 1. The number of benzene rings is 1. The molecule has 1 N–H and O–H groups in total. The summed E-state index contributed by atoms with van der Waals surface area (Å²) in [5, 5.41) is 3.28. The van der Waals surface area contributed by atoms with Crippen molar-refractivity contribution in [3.63, 3.8) is 0 Å². The van der Waals surface area contributed by atoms with Crippen molar-refractivity contribution in [2.75, 3.05) is 19.0 Å². The van der Waals surface area contributed by atoms with Gasteiger partial charge in [0.2, 0.25) is 0 Å². The first kappa shape index (κ1) is 19.6. The molecule has 1 aromatic carbocycles. The summed E-state index contributed by atoms with van der Waals surface area (Å²) in [6.07, 6.45) is 0.153. The molecule has 1 amide bonds. The molecule has 2 aliphatic rings. The van der Waals surface area contributed by atoms with Crippen molar-refractivity contribution in [1.29, 1.82) is 0 Å². The summed E-state index contributed by atoms with van der Waals surface area (Å²) in [5.74, 6) is 0.599. The van der Waals surface area contributed by atoms with Gasteiger partial charge in [0.15, 0.2) is 5.17 Å². The van der Waals surface area contributed by atoms with Crippen LogP contribution in [-0.4, -0.2) is 35.8 Å². The number of amides is 1. The zero-order valence-corrected chi connectivity index (χ0v) is 17.4. The molecule has 0 aliphatic carbocycles. The number of hydrogen-bond donors (Lipinski definition) is 1. The third-order valence-corrected chi connectivity index (χ3v) is 6.02. The maximum absolute atomic E-state index is 13.7. The summed E-state index contributed by atoms with van der Waals surface area (Å²) < 4.78 is 25.1. The van der Waals surface area contributed by atoms with Crippen LogP contribution >= 0.6 is 27.7 Å². The topological polar surface area (TPSA) is 59.9 Å². The molecular weight excluding hydrogens is 423 g/mol. The van der Waals surface area contributed by atoms with Gasteiger partial charge in [-0.25, -0.2) is 9.18 Å². The van der Waals surface area contributed by atoms with Gasteiger partial charge in [0.25, 0.3) is 0 Å². The third kappa shape index (κ3) is 4.23. The molecule has 5 nitrogen and oxygen atoms in total. The number of alkyl carbamates (subject to hydrolysis) is 1. The number of rotatable bonds is 1. The maximum Gasteiger partial charge on any atom is 0.413 e. The molecule has 1 saturated heterocycles. The Hall–Kier alpha value is -1.12. The van der Waals surface area contributed by atoms with Crippen LogP contribution in [0, 0.1) is 11.7 Å². The minimum atomic E-state index is -0.579. The van der Waals surface area contributed by atoms with Crippen LogP contribution in [0.25, 0.3) is 0 Å². The zero-order valence-electron chi connectivity index (χ0n) is 15.0. The standard InChI is InChI=1S/C18H22BrFN2O3S/c1-17(2,3)25-16(23)21-15-22-18(6-7-24-9-12(18)10-26-15)11-4-5-14(20)13(19)8-11/h4-5,8,12H,6-7,9-10H2,1-3H3,(H,21,22,23)/t12?,18-/m1/s1. The molecule has 26 heavy (non-hydrogen) atoms. The van der Waals surface area contributed by atoms with Gasteiger partial charge in [-0.15, -0.1) is 0 Å². The normalized spacial score (nSPS) is 25.9. The van der Waals surface area contributed by atoms with Gasteiger partial charge < -0.3 is 9.47 Å². The van der Waals surface area contributed by atoms with E-state index in [9.17, 15) is 9.18 Å². The lowest BCUT2D eigenvalue weighted by Crippen LogP contribution is -2.48. The van der Waals surface area contributed by atoms with Crippen molar-refractivity contribution < 1.29 is 18.7 Å². The molecule has 2 heterocycles. The molecule has 2 aliphatic heterocycles. The Bertz CT molecular complexity index is 738. The number of hydrogen-bond acceptors (Lipinski definition) is 5. The van der Waals surface area contributed by atoms with E-state index < -0.39 is 17.2 Å². The summed E-state index contributed by atoms with van der Waals surface area (Å²) in [6.45, 7) is 6.60. The van der Waals surface area contributed by atoms with Gasteiger partial charge in [0.1, 0.15) is 11.4 Å². The quantitative estimate of drug-likeness (QED) is 0.694. The van der Waals surface area contributed by atoms with Crippen molar-refractivity contribution in [3.05, 3.63) is 34.1 Å². The summed E-state index contributed by atoms with van der Waals surface area (Å²) in [6, 6.07) is 4.99. The molecule has 0 spiro atoms. The lowest BCUT2D eigenvalue weighted by Gasteiger charge is -2.44. The van der Waals surface area contributed by atoms with Crippen LogP contribution in [0.15, 0.2) is 27.7 Å². The van der Waals surface area contributed by atoms with Crippen LogP contribution < -0.4 is 5.32 Å². The molecule has 0 radical (unpaired) electrons. The summed E-state index contributed by atoms with van der Waals surface area (Å²) in [4.78, 5) is 17.0. The average Bonchev–Trinajstić information content (AvgIpc) is 2.55. The minimum absolute atomic E-state index is 0.155. The van der Waals surface area contributed by atoms with Crippen LogP contribution in [0.1, 0.15) is 32.8 Å². The molecule has 0 saturated carbocycles. The van der Waals surface area contributed by atoms with Gasteiger partial charge >= 0.3 is 6.09 Å². The third-order valence-electron chi connectivity index (χ3n) is 4.37. The Balaban J connectivity index is 1.92. The van der Waals surface area contributed by atoms with Crippen LogP contribution in [-0.2, 0) is 15.0 Å². The molecular formula is C18H22BrFN2O3S. The van der Waals surface area contributed by atoms with Crippen molar-refractivity contribution in [1.82, 2.24) is 5.32 Å². The Morgan fingerprint density at radius 1 is 1.50 bits per heavy atom. The van der Waals surface area contributed by atoms with Crippen molar-refractivity contribution in [3.8, 4) is 0 Å². The highest BCUT2D eigenvalue weighted by atomic mass is 79.9. The first-order valence-electron chi connectivity index (χ1n) is 8.45. The number of aliphatic imine (C=N–C) groups is 1. The lowest BCUT2D eigenvalue weighted by atomic mass is 9.76. The molecule has 8 heteroatoms. The van der Waals surface area contributed by atoms with E-state index in [1.165, 1.54) is 17.8 Å². The van der Waals surface area contributed by atoms with Gasteiger partial charge in [0.05, 0.1) is 16.6 Å². The molecule has 0 bridgehead atoms. The van der Waals surface area contributed by atoms with E-state index in [0.717, 1.165) is 11.3 Å². The fourth-order valence-corrected chi connectivity index (χ4v) is 4.68. The molecule has 142 valence electrons. The molecule has 2 atom stereocenters. The first-order valence-corrected chi connectivity index (χ1v) is 10.2. The second-order valence-electron chi connectivity index (χ2n) is 7.43. The van der Waals surface area contributed by atoms with Crippen molar-refractivity contribution in [2.24, 2.45) is 10.9 Å². The Morgan fingerprint density at radius 2 is 2.27 bits per heavy atom. The Morgan fingerprint density at radius 3 is 2.96 bits per heavy atom. The molecule has 0 aromatic heterocycles. The van der Waals surface area contributed by atoms with Crippen LogP contribution in [0.4, 0.5) is 9.18 Å². The predicted molar refractivity (Wildman–Crippen MR) is 104 cm³/mol. The van der Waals surface area contributed by atoms with E-state index in [4.69, 9.17) is 14.5 Å². The van der Waals surface area contributed by atoms with Gasteiger partial charge in [0, 0.05) is 24.7 Å². The zero-order chi connectivity index (χ0) is 18.9. The highest BCUT2D eigenvalue weighted by Crippen LogP contribution is 2.46. The minimum Gasteiger partial charge on any atom is -0.444 e. The van der Waals surface area contributed by atoms with Crippen LogP contribution in [0.2, 0.25) is 0 Å². The second-order valence-corrected chi connectivity index (χ2v) is 9.29. The summed E-state index contributed by atoms with van der Waals surface area (Å²) in [5.41, 5.74) is -0.197. The lowest BCUT2D eigenvalue weighted by molar-refractivity contribution is 0.00987. The van der Waals surface area contributed by atoms with Crippen molar-refractivity contribution in [2.45, 2.75) is 38.3 Å². The SMILES string of the molecule is CC(C)(C)OC(=O)NC1=N[C@@]2(c3ccc(F)c(Br)c3)CCOCC2CS1. The Labute approximate surface area is 165 Å². The molecule has 1 fully saturated rings. The second kappa shape index (κ2) is 7.48. The fourth-order valence-electron chi connectivity index (χ4n) is 3.19. The molecule has 1 aromatic rings. The van der Waals surface area contributed by atoms with Crippen LogP contribution in [0.5, 0.6) is 0 Å². The number of thioether (sulfide) groups is 1. The number of nitrogens with zero attached hydrogens (tertiary/aromatic N) is 1. The van der Waals surface area contributed by atoms with E-state index in [-0.39, 0.29) is 11.7 Å². The number of amidine groups is 1. The van der Waals surface area contributed by atoms with Gasteiger partial charge in [-0.1, -0.05) is 17.8 Å². The number of halogens is 2. The largest absolute Gasteiger partial charge is 0.444 e. The van der Waals surface area contributed by atoms with Gasteiger partial charge in [-0.05, 0) is 54.4 Å². The number of fused-ring (bicyclic) bond motifs is 1. The average molecular weight is 445 g/mol. The Kier molecular flexibility index (Phi) is 5.65. The monoisotopic (exact) mass is 444 g/mol. The van der Waals surface area contributed by atoms with E-state index in [1.807, 2.05) is 20.8 Å². The van der Waals surface area contributed by atoms with E-state index >= 15 is 0 Å². The number of carbonyl (C=O) groups is 1. The van der Waals surface area contributed by atoms with Gasteiger partial charge in [-0.2, -0.15) is 0 Å². The van der Waals surface area contributed by atoms with Crippen molar-refractivity contribution >= 4 is 39.0 Å². The fraction of sp³-hybridized carbons (Fsp3) is 0.556. The molecule has 1 unspecified atom stereocenters. The van der Waals surface area contributed by atoms with E-state index in [2.05, 4.69) is 21.2 Å². The highest BCUT2D eigenvalue weighted by molar-refractivity contribution is 9.10. The number of ether oxygens (including phenoxy) is 2. The molecule has 3 rings (SSSR count). The number of carbonyl (C=O) groups excluding carboxylic acids is 1. The predicted octanol–water partition coefficient (Wildman–Crippen LogP) is 4.45. The summed E-state index contributed by atoms with van der Waals surface area (Å²) in [7, 11) is 0. The van der Waals surface area contributed by atoms with E-state index in [0.29, 0.717) is 29.3 Å². The summed E-state index contributed by atoms with van der Waals surface area (Å²) >= 11 is 4.74. The van der Waals surface area contributed by atoms with Gasteiger partial charge in [-0.3, -0.25) is 10.3 Å². The van der Waals surface area contributed by atoms with E-state index in [1.54, 1.807) is 12.1 Å². The smallest absolute Gasteiger partial charge is 0.413 e.